The van der Waals surface area contributed by atoms with E-state index in [9.17, 15) is 18.0 Å². The first-order valence-electron chi connectivity index (χ1n) is 7.85. The quantitative estimate of drug-likeness (QED) is 0.781. The summed E-state index contributed by atoms with van der Waals surface area (Å²) in [6, 6.07) is 2.93. The van der Waals surface area contributed by atoms with Crippen LogP contribution in [0.15, 0.2) is 12.1 Å². The molecule has 0 fully saturated rings. The fourth-order valence-corrected chi connectivity index (χ4v) is 2.58. The minimum absolute atomic E-state index is 0. The van der Waals surface area contributed by atoms with E-state index < -0.39 is 18.8 Å². The van der Waals surface area contributed by atoms with Gasteiger partial charge in [-0.2, -0.15) is 13.2 Å². The van der Waals surface area contributed by atoms with E-state index in [2.05, 4.69) is 0 Å². The largest absolute Gasteiger partial charge is 0.484 e. The molecule has 0 aromatic heterocycles. The minimum Gasteiger partial charge on any atom is -0.484 e. The molecule has 2 N–H and O–H groups in total. The summed E-state index contributed by atoms with van der Waals surface area (Å²) >= 11 is 0. The second-order valence-corrected chi connectivity index (χ2v) is 6.05. The molecule has 0 aliphatic rings. The van der Waals surface area contributed by atoms with E-state index in [-0.39, 0.29) is 24.1 Å². The number of benzene rings is 1. The molecule has 0 heterocycles. The molecule has 0 saturated carbocycles. The van der Waals surface area contributed by atoms with Gasteiger partial charge in [-0.05, 0) is 37.0 Å². The van der Waals surface area contributed by atoms with Crippen LogP contribution in [0, 0.1) is 13.8 Å². The average molecular weight is 383 g/mol. The van der Waals surface area contributed by atoms with Crippen molar-refractivity contribution in [2.45, 2.75) is 52.4 Å². The lowest BCUT2D eigenvalue weighted by atomic mass is 10.0. The Morgan fingerprint density at radius 3 is 2.24 bits per heavy atom. The fraction of sp³-hybridized carbons (Fsp3) is 0.588. The molecule has 1 rings (SSSR count). The lowest BCUT2D eigenvalue weighted by molar-refractivity contribution is -0.153. The van der Waals surface area contributed by atoms with Crippen molar-refractivity contribution in [2.24, 2.45) is 5.73 Å². The highest BCUT2D eigenvalue weighted by molar-refractivity contribution is 5.85. The fourth-order valence-electron chi connectivity index (χ4n) is 2.58. The Morgan fingerprint density at radius 1 is 1.28 bits per heavy atom. The number of hydrogen-bond acceptors (Lipinski definition) is 3. The molecular weight excluding hydrogens is 357 g/mol. The molecule has 0 aliphatic carbocycles. The molecule has 0 radical (unpaired) electrons. The number of alkyl halides is 3. The van der Waals surface area contributed by atoms with Crippen LogP contribution in [0.25, 0.3) is 0 Å². The van der Waals surface area contributed by atoms with Crippen LogP contribution < -0.4 is 10.5 Å². The molecule has 0 saturated heterocycles. The van der Waals surface area contributed by atoms with E-state index in [1.807, 2.05) is 6.92 Å². The number of aryl methyl sites for hydroxylation is 2. The predicted molar refractivity (Wildman–Crippen MR) is 94.1 cm³/mol. The van der Waals surface area contributed by atoms with E-state index in [1.165, 1.54) is 4.90 Å². The van der Waals surface area contributed by atoms with Gasteiger partial charge in [-0.3, -0.25) is 4.79 Å². The average Bonchev–Trinajstić information content (AvgIpc) is 2.44. The summed E-state index contributed by atoms with van der Waals surface area (Å²) in [7, 11) is 1.66. The first-order chi connectivity index (χ1) is 11.0. The van der Waals surface area contributed by atoms with Crippen LogP contribution in [0.2, 0.25) is 0 Å². The molecule has 1 atom stereocenters. The molecular formula is C17H26ClF3N2O2. The van der Waals surface area contributed by atoms with Gasteiger partial charge < -0.3 is 15.4 Å². The van der Waals surface area contributed by atoms with Crippen molar-refractivity contribution in [3.63, 3.8) is 0 Å². The summed E-state index contributed by atoms with van der Waals surface area (Å²) in [6.45, 7) is 4.36. The van der Waals surface area contributed by atoms with Crippen molar-refractivity contribution in [3.05, 3.63) is 28.8 Å². The van der Waals surface area contributed by atoms with Crippen LogP contribution in [-0.4, -0.2) is 36.7 Å². The van der Waals surface area contributed by atoms with Crippen LogP contribution in [0.3, 0.4) is 0 Å². The monoisotopic (exact) mass is 382 g/mol. The first-order valence-corrected chi connectivity index (χ1v) is 7.85. The number of likely N-dealkylation sites (N-methyl/N-ethyl adjacent to an activating group) is 1. The van der Waals surface area contributed by atoms with E-state index in [0.717, 1.165) is 12.0 Å². The number of rotatable bonds is 7. The van der Waals surface area contributed by atoms with Gasteiger partial charge >= 0.3 is 6.18 Å². The molecule has 0 aliphatic heterocycles. The van der Waals surface area contributed by atoms with E-state index in [4.69, 9.17) is 10.5 Å². The summed E-state index contributed by atoms with van der Waals surface area (Å²) in [4.78, 5) is 13.7. The van der Waals surface area contributed by atoms with Gasteiger partial charge in [0.25, 0.3) is 0 Å². The van der Waals surface area contributed by atoms with Gasteiger partial charge in [0, 0.05) is 13.6 Å². The van der Waals surface area contributed by atoms with Crippen molar-refractivity contribution in [1.29, 1.82) is 0 Å². The summed E-state index contributed by atoms with van der Waals surface area (Å²) in [5.41, 5.74) is 7.86. The lowest BCUT2D eigenvalue weighted by Gasteiger charge is -2.22. The van der Waals surface area contributed by atoms with Gasteiger partial charge in [-0.25, -0.2) is 0 Å². The highest BCUT2D eigenvalue weighted by atomic mass is 35.5. The Hall–Kier alpha value is -1.47. The molecule has 144 valence electrons. The molecule has 1 aromatic rings. The number of halogens is 4. The summed E-state index contributed by atoms with van der Waals surface area (Å²) in [5, 5.41) is 0. The third-order valence-electron chi connectivity index (χ3n) is 3.61. The van der Waals surface area contributed by atoms with Gasteiger partial charge in [-0.1, -0.05) is 25.5 Å². The molecule has 1 aromatic carbocycles. The van der Waals surface area contributed by atoms with Crippen LogP contribution in [-0.2, 0) is 11.3 Å². The second-order valence-electron chi connectivity index (χ2n) is 6.05. The molecule has 8 heteroatoms. The van der Waals surface area contributed by atoms with Gasteiger partial charge in [0.1, 0.15) is 5.75 Å². The van der Waals surface area contributed by atoms with E-state index >= 15 is 0 Å². The van der Waals surface area contributed by atoms with Crippen molar-refractivity contribution >= 4 is 18.3 Å². The summed E-state index contributed by atoms with van der Waals surface area (Å²) in [5.74, 6) is 0.0808. The van der Waals surface area contributed by atoms with E-state index in [0.29, 0.717) is 24.1 Å². The highest BCUT2D eigenvalue weighted by Crippen LogP contribution is 2.27. The number of ether oxygens (including phenoxy) is 1. The number of amides is 1. The van der Waals surface area contributed by atoms with Gasteiger partial charge in [0.15, 0.2) is 6.61 Å². The van der Waals surface area contributed by atoms with Crippen molar-refractivity contribution < 1.29 is 22.7 Å². The van der Waals surface area contributed by atoms with E-state index in [1.54, 1.807) is 33.0 Å². The number of carbonyl (C=O) groups is 1. The zero-order chi connectivity index (χ0) is 18.5. The van der Waals surface area contributed by atoms with Crippen molar-refractivity contribution in [1.82, 2.24) is 4.90 Å². The maximum Gasteiger partial charge on any atom is 0.422 e. The summed E-state index contributed by atoms with van der Waals surface area (Å²) in [6.07, 6.45) is -2.94. The highest BCUT2D eigenvalue weighted by Gasteiger charge is 2.29. The van der Waals surface area contributed by atoms with Gasteiger partial charge in [0.05, 0.1) is 6.04 Å². The number of nitrogens with two attached hydrogens (primary N) is 1. The first kappa shape index (κ1) is 23.5. The SMILES string of the molecule is CCCC(N)C(=O)N(C)Cc1cc(C)c(OCC(F)(F)F)c(C)c1.Cl. The molecule has 0 bridgehead atoms. The topological polar surface area (TPSA) is 55.6 Å². The Morgan fingerprint density at radius 2 is 1.80 bits per heavy atom. The predicted octanol–water partition coefficient (Wildman–Crippen LogP) is 3.75. The lowest BCUT2D eigenvalue weighted by Crippen LogP contribution is -2.41. The Bertz CT molecular complexity index is 556. The molecule has 4 nitrogen and oxygen atoms in total. The van der Waals surface area contributed by atoms with Crippen LogP contribution in [0.5, 0.6) is 5.75 Å². The van der Waals surface area contributed by atoms with Crippen LogP contribution >= 0.6 is 12.4 Å². The summed E-state index contributed by atoms with van der Waals surface area (Å²) < 4.78 is 41.8. The molecule has 1 unspecified atom stereocenters. The van der Waals surface area contributed by atoms with Crippen LogP contribution in [0.1, 0.15) is 36.5 Å². The standard InChI is InChI=1S/C17H25F3N2O2.ClH/c1-5-6-14(21)16(23)22(4)9-13-7-11(2)15(12(3)8-13)24-10-17(18,19)20;/h7-8,14H,5-6,9-10,21H2,1-4H3;1H. The molecule has 0 spiro atoms. The van der Waals surface area contributed by atoms with Crippen molar-refractivity contribution in [2.75, 3.05) is 13.7 Å². The second kappa shape index (κ2) is 9.87. The van der Waals surface area contributed by atoms with Gasteiger partial charge in [-0.15, -0.1) is 12.4 Å². The Balaban J connectivity index is 0.00000576. The normalized spacial score (nSPS) is 12.3. The van der Waals surface area contributed by atoms with Crippen LogP contribution in [0.4, 0.5) is 13.2 Å². The van der Waals surface area contributed by atoms with Crippen molar-refractivity contribution in [3.8, 4) is 5.75 Å². The minimum atomic E-state index is -4.38. The number of nitrogens with zero attached hydrogens (tertiary/aromatic N) is 1. The van der Waals surface area contributed by atoms with Gasteiger partial charge in [0.2, 0.25) is 5.91 Å². The maximum absolute atomic E-state index is 12.3. The third kappa shape index (κ3) is 7.52. The third-order valence-corrected chi connectivity index (χ3v) is 3.61. The Labute approximate surface area is 152 Å². The molecule has 25 heavy (non-hydrogen) atoms. The zero-order valence-corrected chi connectivity index (χ0v) is 15.8. The molecule has 1 amide bonds. The number of hydrogen-bond donors (Lipinski definition) is 1. The smallest absolute Gasteiger partial charge is 0.422 e. The number of carbonyl (C=O) groups excluding carboxylic acids is 1. The zero-order valence-electron chi connectivity index (χ0n) is 14.9. The Kier molecular flexibility index (Phi) is 9.29. The maximum atomic E-state index is 12.3.